The number of para-hydroxylation sites is 2. The molecule has 0 spiro atoms. The summed E-state index contributed by atoms with van der Waals surface area (Å²) in [6.45, 7) is 18.7. The first-order valence-electron chi connectivity index (χ1n) is 23.9. The summed E-state index contributed by atoms with van der Waals surface area (Å²) < 4.78 is 17.7. The van der Waals surface area contributed by atoms with Crippen molar-refractivity contribution in [3.63, 3.8) is 0 Å². The standard InChI is InChI=1S/C61H51BN2O2S2/c1-35(2)38-29-49-55-50(30-38)64(42-18-14-16-37(28-42)48-34-66-52-22-12-10-20-44(48)52)57-46-32-40(61(6,7)8)24-26-54(46)68-59(57)62(55)58-56(45-31-39(60(3,4)5)23-25-53(45)67-58)63(49)41-17-13-15-36(27-41)47-33-65-51-21-11-9-19-43(47)51/h9-35H,1-8H3. The first-order valence-corrected chi connectivity index (χ1v) is 25.5. The van der Waals surface area contributed by atoms with Crippen molar-refractivity contribution in [1.29, 1.82) is 0 Å². The minimum atomic E-state index is -0.0211. The fourth-order valence-corrected chi connectivity index (χ4v) is 13.5. The third-order valence-electron chi connectivity index (χ3n) is 14.5. The van der Waals surface area contributed by atoms with Gasteiger partial charge in [0.25, 0.3) is 6.71 Å². The zero-order valence-corrected chi connectivity index (χ0v) is 41.3. The average molecular weight is 919 g/mol. The molecule has 7 heteroatoms. The van der Waals surface area contributed by atoms with E-state index in [9.17, 15) is 0 Å². The van der Waals surface area contributed by atoms with E-state index >= 15 is 0 Å². The van der Waals surface area contributed by atoms with Crippen LogP contribution >= 0.6 is 22.7 Å². The van der Waals surface area contributed by atoms with Gasteiger partial charge in [0.05, 0.1) is 23.9 Å². The van der Waals surface area contributed by atoms with E-state index in [-0.39, 0.29) is 23.5 Å². The van der Waals surface area contributed by atoms with E-state index < -0.39 is 0 Å². The van der Waals surface area contributed by atoms with Crippen LogP contribution in [0.25, 0.3) is 64.4 Å². The number of hydrogen-bond donors (Lipinski definition) is 0. The van der Waals surface area contributed by atoms with Crippen LogP contribution in [0.1, 0.15) is 78.0 Å². The van der Waals surface area contributed by atoms with Gasteiger partial charge in [0.15, 0.2) is 0 Å². The first-order chi connectivity index (χ1) is 32.8. The van der Waals surface area contributed by atoms with Crippen molar-refractivity contribution in [3.05, 3.63) is 175 Å². The number of fused-ring (bicyclic) bond motifs is 10. The van der Waals surface area contributed by atoms with E-state index in [1.165, 1.54) is 74.6 Å². The van der Waals surface area contributed by atoms with Crippen LogP contribution in [0.4, 0.5) is 34.1 Å². The highest BCUT2D eigenvalue weighted by Crippen LogP contribution is 2.52. The van der Waals surface area contributed by atoms with Gasteiger partial charge in [-0.3, -0.25) is 0 Å². The van der Waals surface area contributed by atoms with Crippen LogP contribution in [-0.4, -0.2) is 6.71 Å². The zero-order chi connectivity index (χ0) is 46.4. The number of thiophene rings is 2. The van der Waals surface area contributed by atoms with E-state index in [0.29, 0.717) is 0 Å². The first kappa shape index (κ1) is 41.4. The highest BCUT2D eigenvalue weighted by atomic mass is 32.1. The lowest BCUT2D eigenvalue weighted by Gasteiger charge is -2.43. The highest BCUT2D eigenvalue weighted by molar-refractivity contribution is 7.40. The smallest absolute Gasteiger partial charge is 0.277 e. The molecule has 68 heavy (non-hydrogen) atoms. The van der Waals surface area contributed by atoms with Gasteiger partial charge in [-0.15, -0.1) is 22.7 Å². The monoisotopic (exact) mass is 918 g/mol. The number of nitrogens with zero attached hydrogens (tertiary/aromatic N) is 2. The van der Waals surface area contributed by atoms with Crippen molar-refractivity contribution in [2.75, 3.05) is 9.80 Å². The Morgan fingerprint density at radius 2 is 0.941 bits per heavy atom. The predicted molar refractivity (Wildman–Crippen MR) is 293 cm³/mol. The van der Waals surface area contributed by atoms with Crippen molar-refractivity contribution in [1.82, 2.24) is 0 Å². The molecule has 4 aromatic heterocycles. The molecule has 0 saturated heterocycles. The van der Waals surface area contributed by atoms with E-state index in [4.69, 9.17) is 8.83 Å². The fraction of sp³-hybridized carbons (Fsp3) is 0.180. The van der Waals surface area contributed by atoms with Crippen LogP contribution in [0.15, 0.2) is 167 Å². The van der Waals surface area contributed by atoms with Gasteiger partial charge in [-0.2, -0.15) is 0 Å². The van der Waals surface area contributed by atoms with Gasteiger partial charge in [-0.05, 0) is 123 Å². The molecule has 0 fully saturated rings. The maximum absolute atomic E-state index is 6.16. The summed E-state index contributed by atoms with van der Waals surface area (Å²) in [6, 6.07) is 54.5. The van der Waals surface area contributed by atoms with E-state index in [0.717, 1.165) is 55.6 Å². The summed E-state index contributed by atoms with van der Waals surface area (Å²) in [6.07, 6.45) is 3.84. The van der Waals surface area contributed by atoms with Crippen molar-refractivity contribution >= 4 is 121 Å². The van der Waals surface area contributed by atoms with E-state index in [2.05, 4.69) is 199 Å². The maximum Gasteiger partial charge on any atom is 0.277 e. The Labute approximate surface area is 406 Å². The molecule has 332 valence electrons. The lowest BCUT2D eigenvalue weighted by molar-refractivity contribution is 0.591. The Morgan fingerprint density at radius 3 is 1.38 bits per heavy atom. The number of benzene rings is 7. The van der Waals surface area contributed by atoms with Gasteiger partial charge < -0.3 is 18.6 Å². The van der Waals surface area contributed by atoms with E-state index in [1.807, 2.05) is 47.3 Å². The molecule has 0 aliphatic carbocycles. The third-order valence-corrected chi connectivity index (χ3v) is 16.9. The molecule has 0 amide bonds. The van der Waals surface area contributed by atoms with Crippen molar-refractivity contribution in [2.45, 2.75) is 72.1 Å². The van der Waals surface area contributed by atoms with Gasteiger partial charge in [-0.1, -0.05) is 128 Å². The number of rotatable bonds is 5. The molecule has 0 atom stereocenters. The SMILES string of the molecule is CC(C)c1cc2c3c(c1)N(c1cccc(-c4coc5ccccc45)c1)c1c(sc4ccc(C(C)(C)C)cc14)B3c1sc3ccc(C(C)(C)C)cc3c1N2c1cccc(-c2coc3ccccc23)c1. The summed E-state index contributed by atoms with van der Waals surface area (Å²) in [4.78, 5) is 5.24. The molecule has 0 N–H and O–H groups in total. The largest absolute Gasteiger partial charge is 0.464 e. The summed E-state index contributed by atoms with van der Waals surface area (Å²) in [5, 5.41) is 4.84. The molecular weight excluding hydrogens is 868 g/mol. The Morgan fingerprint density at radius 1 is 0.485 bits per heavy atom. The number of furan rings is 2. The van der Waals surface area contributed by atoms with Crippen molar-refractivity contribution in [3.8, 4) is 22.3 Å². The van der Waals surface area contributed by atoms with Gasteiger partial charge in [0.2, 0.25) is 0 Å². The molecule has 0 saturated carbocycles. The molecule has 2 aliphatic rings. The average Bonchev–Trinajstić information content (AvgIpc) is 4.14. The minimum absolute atomic E-state index is 0.0201. The molecule has 13 rings (SSSR count). The molecule has 0 radical (unpaired) electrons. The minimum Gasteiger partial charge on any atom is -0.464 e. The second-order valence-corrected chi connectivity index (χ2v) is 23.3. The Kier molecular flexibility index (Phi) is 9.04. The highest BCUT2D eigenvalue weighted by Gasteiger charge is 2.47. The molecule has 11 aromatic rings. The zero-order valence-electron chi connectivity index (χ0n) is 39.7. The Bertz CT molecular complexity index is 3610. The maximum atomic E-state index is 6.16. The summed E-state index contributed by atoms with van der Waals surface area (Å²) >= 11 is 3.94. The topological polar surface area (TPSA) is 32.8 Å². The quantitative estimate of drug-likeness (QED) is 0.161. The number of hydrogen-bond acceptors (Lipinski definition) is 6. The molecule has 6 heterocycles. The summed E-state index contributed by atoms with van der Waals surface area (Å²) in [5.41, 5.74) is 18.8. The van der Waals surface area contributed by atoms with Gasteiger partial charge in [0, 0.05) is 74.4 Å². The second-order valence-electron chi connectivity index (χ2n) is 21.2. The molecule has 0 bridgehead atoms. The lowest BCUT2D eigenvalue weighted by Crippen LogP contribution is -2.59. The third kappa shape index (κ3) is 6.25. The molecule has 4 nitrogen and oxygen atoms in total. The van der Waals surface area contributed by atoms with Crippen LogP contribution in [0.2, 0.25) is 0 Å². The molecular formula is C61H51BN2O2S2. The Balaban J connectivity index is 1.14. The van der Waals surface area contributed by atoms with Gasteiger partial charge in [-0.25, -0.2) is 0 Å². The fourth-order valence-electron chi connectivity index (χ4n) is 10.8. The number of anilines is 6. The van der Waals surface area contributed by atoms with Crippen LogP contribution in [0, 0.1) is 0 Å². The van der Waals surface area contributed by atoms with Gasteiger partial charge in [0.1, 0.15) is 11.2 Å². The van der Waals surface area contributed by atoms with E-state index in [1.54, 1.807) is 0 Å². The van der Waals surface area contributed by atoms with Crippen molar-refractivity contribution in [2.24, 2.45) is 0 Å². The molecule has 0 unspecified atom stereocenters. The second kappa shape index (κ2) is 14.9. The van der Waals surface area contributed by atoms with Crippen LogP contribution in [-0.2, 0) is 10.8 Å². The van der Waals surface area contributed by atoms with Crippen LogP contribution < -0.4 is 24.8 Å². The normalized spacial score (nSPS) is 13.6. The van der Waals surface area contributed by atoms with Crippen LogP contribution in [0.3, 0.4) is 0 Å². The molecule has 2 aliphatic heterocycles. The van der Waals surface area contributed by atoms with Crippen LogP contribution in [0.5, 0.6) is 0 Å². The predicted octanol–water partition coefficient (Wildman–Crippen LogP) is 16.7. The van der Waals surface area contributed by atoms with Crippen molar-refractivity contribution < 1.29 is 8.83 Å². The van der Waals surface area contributed by atoms with Gasteiger partial charge >= 0.3 is 0 Å². The lowest BCUT2D eigenvalue weighted by atomic mass is 9.39. The summed E-state index contributed by atoms with van der Waals surface area (Å²) in [5.74, 6) is 0.271. The summed E-state index contributed by atoms with van der Waals surface area (Å²) in [7, 11) is 0. The molecule has 7 aromatic carbocycles. The Hall–Kier alpha value is -6.80.